The van der Waals surface area contributed by atoms with E-state index in [-0.39, 0.29) is 6.42 Å². The topological polar surface area (TPSA) is 37.3 Å². The van der Waals surface area contributed by atoms with Crippen LogP contribution >= 0.6 is 0 Å². The first-order valence-electron chi connectivity index (χ1n) is 4.93. The number of benzene rings is 1. The van der Waals surface area contributed by atoms with E-state index >= 15 is 0 Å². The smallest absolute Gasteiger partial charge is 0.303 e. The van der Waals surface area contributed by atoms with Gasteiger partial charge in [0.1, 0.15) is 0 Å². The standard InChI is InChI=1S/C12H16O2/c1-3-10-4-5-11(9(2)8-10)6-7-12(13)14/h4-5,8H,3,6-7H2,1-2H3,(H,13,14). The van der Waals surface area contributed by atoms with Gasteiger partial charge in [-0.25, -0.2) is 0 Å². The Hall–Kier alpha value is -1.31. The molecule has 0 fully saturated rings. The van der Waals surface area contributed by atoms with Crippen LogP contribution in [-0.4, -0.2) is 11.1 Å². The molecule has 2 heteroatoms. The van der Waals surface area contributed by atoms with E-state index in [2.05, 4.69) is 19.1 Å². The van der Waals surface area contributed by atoms with Gasteiger partial charge in [0, 0.05) is 6.42 Å². The van der Waals surface area contributed by atoms with Gasteiger partial charge in [-0.2, -0.15) is 0 Å². The Kier molecular flexibility index (Phi) is 3.69. The summed E-state index contributed by atoms with van der Waals surface area (Å²) in [4.78, 5) is 10.4. The van der Waals surface area contributed by atoms with Gasteiger partial charge in [-0.05, 0) is 36.5 Å². The SMILES string of the molecule is CCc1ccc(CCC(=O)O)c(C)c1. The lowest BCUT2D eigenvalue weighted by Gasteiger charge is -2.06. The van der Waals surface area contributed by atoms with E-state index in [1.807, 2.05) is 13.0 Å². The van der Waals surface area contributed by atoms with E-state index in [4.69, 9.17) is 5.11 Å². The van der Waals surface area contributed by atoms with Crippen LogP contribution in [0, 0.1) is 6.92 Å². The molecule has 0 atom stereocenters. The third-order valence-corrected chi connectivity index (χ3v) is 2.42. The predicted octanol–water partition coefficient (Wildman–Crippen LogP) is 2.57. The van der Waals surface area contributed by atoms with Crippen molar-refractivity contribution in [1.82, 2.24) is 0 Å². The summed E-state index contributed by atoms with van der Waals surface area (Å²) in [5.41, 5.74) is 3.65. The molecule has 76 valence electrons. The number of carboxylic acid groups (broad SMARTS) is 1. The Morgan fingerprint density at radius 1 is 1.43 bits per heavy atom. The molecule has 0 saturated carbocycles. The molecule has 1 rings (SSSR count). The van der Waals surface area contributed by atoms with E-state index in [1.165, 1.54) is 11.1 Å². The highest BCUT2D eigenvalue weighted by Gasteiger charge is 2.02. The molecule has 0 unspecified atom stereocenters. The van der Waals surface area contributed by atoms with Crippen molar-refractivity contribution in [3.8, 4) is 0 Å². The van der Waals surface area contributed by atoms with E-state index in [0.29, 0.717) is 6.42 Å². The Balaban J connectivity index is 2.73. The van der Waals surface area contributed by atoms with Crippen molar-refractivity contribution >= 4 is 5.97 Å². The summed E-state index contributed by atoms with van der Waals surface area (Å²) in [5, 5.41) is 8.57. The maximum atomic E-state index is 10.4. The van der Waals surface area contributed by atoms with Gasteiger partial charge in [-0.15, -0.1) is 0 Å². The second-order valence-electron chi connectivity index (χ2n) is 3.51. The fourth-order valence-corrected chi connectivity index (χ4v) is 1.50. The molecule has 0 aliphatic carbocycles. The van der Waals surface area contributed by atoms with Gasteiger partial charge in [-0.1, -0.05) is 25.1 Å². The largest absolute Gasteiger partial charge is 0.481 e. The number of hydrogen-bond acceptors (Lipinski definition) is 1. The lowest BCUT2D eigenvalue weighted by atomic mass is 10.0. The molecule has 1 aromatic rings. The van der Waals surface area contributed by atoms with Crippen molar-refractivity contribution in [1.29, 1.82) is 0 Å². The minimum absolute atomic E-state index is 0.215. The first-order valence-corrected chi connectivity index (χ1v) is 4.93. The average Bonchev–Trinajstić information content (AvgIpc) is 2.15. The van der Waals surface area contributed by atoms with Crippen molar-refractivity contribution < 1.29 is 9.90 Å². The molecule has 0 aromatic heterocycles. The van der Waals surface area contributed by atoms with Gasteiger partial charge in [0.05, 0.1) is 0 Å². The van der Waals surface area contributed by atoms with Crippen LogP contribution in [0.4, 0.5) is 0 Å². The van der Waals surface area contributed by atoms with Crippen LogP contribution in [0.25, 0.3) is 0 Å². The first kappa shape index (κ1) is 10.8. The van der Waals surface area contributed by atoms with Gasteiger partial charge in [0.2, 0.25) is 0 Å². The van der Waals surface area contributed by atoms with Crippen LogP contribution in [0.1, 0.15) is 30.0 Å². The van der Waals surface area contributed by atoms with Crippen LogP contribution in [0.3, 0.4) is 0 Å². The highest BCUT2D eigenvalue weighted by Crippen LogP contribution is 2.13. The molecular weight excluding hydrogens is 176 g/mol. The highest BCUT2D eigenvalue weighted by atomic mass is 16.4. The monoisotopic (exact) mass is 192 g/mol. The third kappa shape index (κ3) is 2.87. The second kappa shape index (κ2) is 4.80. The molecule has 0 heterocycles. The Morgan fingerprint density at radius 3 is 2.64 bits per heavy atom. The molecule has 0 saturated heterocycles. The van der Waals surface area contributed by atoms with Gasteiger partial charge in [-0.3, -0.25) is 4.79 Å². The molecule has 0 aliphatic heterocycles. The van der Waals surface area contributed by atoms with Crippen LogP contribution in [-0.2, 0) is 17.6 Å². The fourth-order valence-electron chi connectivity index (χ4n) is 1.50. The highest BCUT2D eigenvalue weighted by molar-refractivity contribution is 5.67. The molecular formula is C12H16O2. The predicted molar refractivity (Wildman–Crippen MR) is 56.5 cm³/mol. The lowest BCUT2D eigenvalue weighted by Crippen LogP contribution is -1.99. The van der Waals surface area contributed by atoms with Crippen molar-refractivity contribution in [2.75, 3.05) is 0 Å². The summed E-state index contributed by atoms with van der Waals surface area (Å²) in [6.45, 7) is 4.15. The van der Waals surface area contributed by atoms with Gasteiger partial charge < -0.3 is 5.11 Å². The number of aryl methyl sites for hydroxylation is 3. The van der Waals surface area contributed by atoms with E-state index in [9.17, 15) is 4.79 Å². The van der Waals surface area contributed by atoms with E-state index in [0.717, 1.165) is 12.0 Å². The minimum Gasteiger partial charge on any atom is -0.481 e. The molecule has 0 bridgehead atoms. The molecule has 0 radical (unpaired) electrons. The number of carbonyl (C=O) groups is 1. The van der Waals surface area contributed by atoms with Crippen LogP contribution < -0.4 is 0 Å². The summed E-state index contributed by atoms with van der Waals surface area (Å²) in [6, 6.07) is 6.25. The number of aliphatic carboxylic acids is 1. The van der Waals surface area contributed by atoms with Crippen molar-refractivity contribution in [3.05, 3.63) is 34.9 Å². The van der Waals surface area contributed by atoms with Gasteiger partial charge in [0.25, 0.3) is 0 Å². The summed E-state index contributed by atoms with van der Waals surface area (Å²) in [6.07, 6.45) is 1.87. The van der Waals surface area contributed by atoms with Gasteiger partial charge in [0.15, 0.2) is 0 Å². The minimum atomic E-state index is -0.732. The molecule has 1 N–H and O–H groups in total. The average molecular weight is 192 g/mol. The normalized spacial score (nSPS) is 10.1. The number of carboxylic acids is 1. The number of hydrogen-bond donors (Lipinski definition) is 1. The zero-order valence-corrected chi connectivity index (χ0v) is 8.71. The Bertz CT molecular complexity index is 329. The zero-order valence-electron chi connectivity index (χ0n) is 8.71. The summed E-state index contributed by atoms with van der Waals surface area (Å²) < 4.78 is 0. The molecule has 2 nitrogen and oxygen atoms in total. The fraction of sp³-hybridized carbons (Fsp3) is 0.417. The summed E-state index contributed by atoms with van der Waals surface area (Å²) >= 11 is 0. The summed E-state index contributed by atoms with van der Waals surface area (Å²) in [7, 11) is 0. The first-order chi connectivity index (χ1) is 6.63. The lowest BCUT2D eigenvalue weighted by molar-refractivity contribution is -0.136. The van der Waals surface area contributed by atoms with E-state index in [1.54, 1.807) is 0 Å². The quantitative estimate of drug-likeness (QED) is 0.796. The van der Waals surface area contributed by atoms with Crippen LogP contribution in [0.2, 0.25) is 0 Å². The Morgan fingerprint density at radius 2 is 2.14 bits per heavy atom. The molecule has 1 aromatic carbocycles. The molecule has 14 heavy (non-hydrogen) atoms. The van der Waals surface area contributed by atoms with Crippen molar-refractivity contribution in [3.63, 3.8) is 0 Å². The molecule has 0 spiro atoms. The molecule has 0 aliphatic rings. The third-order valence-electron chi connectivity index (χ3n) is 2.42. The Labute approximate surface area is 84.6 Å². The van der Waals surface area contributed by atoms with E-state index < -0.39 is 5.97 Å². The van der Waals surface area contributed by atoms with Crippen molar-refractivity contribution in [2.24, 2.45) is 0 Å². The molecule has 0 amide bonds. The zero-order chi connectivity index (χ0) is 10.6. The van der Waals surface area contributed by atoms with Crippen LogP contribution in [0.5, 0.6) is 0 Å². The van der Waals surface area contributed by atoms with Crippen molar-refractivity contribution in [2.45, 2.75) is 33.1 Å². The van der Waals surface area contributed by atoms with Gasteiger partial charge >= 0.3 is 5.97 Å². The second-order valence-corrected chi connectivity index (χ2v) is 3.51. The maximum Gasteiger partial charge on any atom is 0.303 e. The van der Waals surface area contributed by atoms with Crippen LogP contribution in [0.15, 0.2) is 18.2 Å². The maximum absolute atomic E-state index is 10.4. The summed E-state index contributed by atoms with van der Waals surface area (Å²) in [5.74, 6) is -0.732. The number of rotatable bonds is 4.